The Morgan fingerprint density at radius 1 is 1.50 bits per heavy atom. The van der Waals surface area contributed by atoms with Crippen LogP contribution in [0.3, 0.4) is 0 Å². The zero-order valence-electron chi connectivity index (χ0n) is 5.66. The average Bonchev–Trinajstić information content (AvgIpc) is 2.03. The van der Waals surface area contributed by atoms with Gasteiger partial charge in [0.2, 0.25) is 5.88 Å². The van der Waals surface area contributed by atoms with E-state index in [0.29, 0.717) is 19.0 Å². The van der Waals surface area contributed by atoms with Crippen LogP contribution in [0.2, 0.25) is 0 Å². The maximum absolute atomic E-state index is 5.22. The van der Waals surface area contributed by atoms with E-state index in [1.807, 2.05) is 12.1 Å². The van der Waals surface area contributed by atoms with Crippen molar-refractivity contribution in [1.29, 1.82) is 0 Å². The smallest absolute Gasteiger partial charge is 0.213 e. The van der Waals surface area contributed by atoms with Crippen molar-refractivity contribution in [3.05, 3.63) is 24.4 Å². The minimum Gasteiger partial charge on any atom is -0.476 e. The maximum Gasteiger partial charge on any atom is 0.213 e. The summed E-state index contributed by atoms with van der Waals surface area (Å²) in [5.74, 6) is 0.632. The monoisotopic (exact) mass is 138 g/mol. The lowest BCUT2D eigenvalue weighted by Crippen LogP contribution is -2.10. The Kier molecular flexibility index (Phi) is 2.70. The van der Waals surface area contributed by atoms with Gasteiger partial charge in [-0.3, -0.25) is 0 Å². The molecule has 0 spiro atoms. The quantitative estimate of drug-likeness (QED) is 0.658. The normalized spacial score (nSPS) is 9.30. The van der Waals surface area contributed by atoms with E-state index in [4.69, 9.17) is 10.5 Å². The minimum atomic E-state index is 0.524. The van der Waals surface area contributed by atoms with Crippen molar-refractivity contribution in [2.45, 2.75) is 0 Å². The first-order valence-corrected chi connectivity index (χ1v) is 3.17. The molecule has 0 bridgehead atoms. The molecule has 0 radical (unpaired) electrons. The Hall–Kier alpha value is -1.09. The third kappa shape index (κ3) is 2.03. The number of rotatable bonds is 3. The second-order valence-corrected chi connectivity index (χ2v) is 1.81. The second kappa shape index (κ2) is 3.85. The van der Waals surface area contributed by atoms with E-state index in [1.54, 1.807) is 12.3 Å². The van der Waals surface area contributed by atoms with Gasteiger partial charge in [-0.15, -0.1) is 0 Å². The van der Waals surface area contributed by atoms with Gasteiger partial charge < -0.3 is 10.5 Å². The Morgan fingerprint density at radius 2 is 2.40 bits per heavy atom. The van der Waals surface area contributed by atoms with Crippen LogP contribution in [0, 0.1) is 0 Å². The summed E-state index contributed by atoms with van der Waals surface area (Å²) in [5.41, 5.74) is 5.22. The van der Waals surface area contributed by atoms with Gasteiger partial charge in [0.25, 0.3) is 0 Å². The van der Waals surface area contributed by atoms with E-state index >= 15 is 0 Å². The first-order valence-electron chi connectivity index (χ1n) is 3.17. The van der Waals surface area contributed by atoms with Gasteiger partial charge >= 0.3 is 0 Å². The molecule has 0 aromatic carbocycles. The molecule has 0 amide bonds. The van der Waals surface area contributed by atoms with Crippen molar-refractivity contribution in [1.82, 2.24) is 4.98 Å². The summed E-state index contributed by atoms with van der Waals surface area (Å²) in [5, 5.41) is 0. The highest BCUT2D eigenvalue weighted by atomic mass is 16.5. The Bertz CT molecular complexity index is 176. The van der Waals surface area contributed by atoms with Crippen molar-refractivity contribution in [2.24, 2.45) is 5.73 Å². The van der Waals surface area contributed by atoms with Crippen LogP contribution in [0.25, 0.3) is 0 Å². The molecule has 1 rings (SSSR count). The summed E-state index contributed by atoms with van der Waals surface area (Å²) in [6, 6.07) is 5.52. The molecule has 0 aliphatic rings. The van der Waals surface area contributed by atoms with Crippen LogP contribution >= 0.6 is 0 Å². The zero-order valence-corrected chi connectivity index (χ0v) is 5.66. The summed E-state index contributed by atoms with van der Waals surface area (Å²) in [4.78, 5) is 3.94. The molecule has 0 fully saturated rings. The topological polar surface area (TPSA) is 48.1 Å². The SMILES string of the molecule is NCCOc1ccccn1. The van der Waals surface area contributed by atoms with Gasteiger partial charge in [-0.2, -0.15) is 0 Å². The molecule has 0 unspecified atom stereocenters. The summed E-state index contributed by atoms with van der Waals surface area (Å²) < 4.78 is 5.12. The van der Waals surface area contributed by atoms with Gasteiger partial charge in [0.15, 0.2) is 0 Å². The Labute approximate surface area is 59.8 Å². The number of nitrogens with two attached hydrogens (primary N) is 1. The molecular formula is C7H10N2O. The van der Waals surface area contributed by atoms with E-state index < -0.39 is 0 Å². The fourth-order valence-electron chi connectivity index (χ4n) is 0.596. The van der Waals surface area contributed by atoms with Crippen molar-refractivity contribution in [2.75, 3.05) is 13.2 Å². The third-order valence-corrected chi connectivity index (χ3v) is 1.01. The Morgan fingerprint density at radius 3 is 3.00 bits per heavy atom. The van der Waals surface area contributed by atoms with Gasteiger partial charge in [0.05, 0.1) is 0 Å². The van der Waals surface area contributed by atoms with Gasteiger partial charge in [-0.1, -0.05) is 6.07 Å². The summed E-state index contributed by atoms with van der Waals surface area (Å²) in [6.07, 6.45) is 1.69. The summed E-state index contributed by atoms with van der Waals surface area (Å²) in [7, 11) is 0. The van der Waals surface area contributed by atoms with E-state index in [1.165, 1.54) is 0 Å². The Balaban J connectivity index is 2.43. The predicted octanol–water partition coefficient (Wildman–Crippen LogP) is 0.419. The van der Waals surface area contributed by atoms with Gasteiger partial charge in [-0.05, 0) is 6.07 Å². The molecule has 54 valence electrons. The molecule has 0 saturated heterocycles. The highest BCUT2D eigenvalue weighted by Crippen LogP contribution is 2.01. The molecule has 2 N–H and O–H groups in total. The third-order valence-electron chi connectivity index (χ3n) is 1.01. The van der Waals surface area contributed by atoms with Crippen molar-refractivity contribution in [3.63, 3.8) is 0 Å². The number of ether oxygens (including phenoxy) is 1. The van der Waals surface area contributed by atoms with Gasteiger partial charge in [0, 0.05) is 18.8 Å². The first-order chi connectivity index (χ1) is 4.93. The summed E-state index contributed by atoms with van der Waals surface area (Å²) in [6.45, 7) is 1.05. The first kappa shape index (κ1) is 7.02. The highest BCUT2D eigenvalue weighted by molar-refractivity contribution is 5.08. The molecule has 0 atom stereocenters. The van der Waals surface area contributed by atoms with Crippen LogP contribution in [-0.2, 0) is 0 Å². The van der Waals surface area contributed by atoms with Crippen LogP contribution in [0.5, 0.6) is 5.88 Å². The lowest BCUT2D eigenvalue weighted by Gasteiger charge is -2.00. The lowest BCUT2D eigenvalue weighted by atomic mass is 10.5. The van der Waals surface area contributed by atoms with Crippen LogP contribution in [0.1, 0.15) is 0 Å². The molecule has 0 aliphatic carbocycles. The van der Waals surface area contributed by atoms with Crippen LogP contribution < -0.4 is 10.5 Å². The van der Waals surface area contributed by atoms with E-state index in [-0.39, 0.29) is 0 Å². The van der Waals surface area contributed by atoms with Crippen LogP contribution in [-0.4, -0.2) is 18.1 Å². The number of nitrogens with zero attached hydrogens (tertiary/aromatic N) is 1. The largest absolute Gasteiger partial charge is 0.476 e. The molecule has 3 nitrogen and oxygen atoms in total. The molecule has 0 aliphatic heterocycles. The minimum absolute atomic E-state index is 0.524. The maximum atomic E-state index is 5.22. The van der Waals surface area contributed by atoms with Crippen molar-refractivity contribution in [3.8, 4) is 5.88 Å². The van der Waals surface area contributed by atoms with Gasteiger partial charge in [-0.25, -0.2) is 4.98 Å². The molecule has 0 saturated carbocycles. The summed E-state index contributed by atoms with van der Waals surface area (Å²) >= 11 is 0. The van der Waals surface area contributed by atoms with Crippen molar-refractivity contribution >= 4 is 0 Å². The van der Waals surface area contributed by atoms with E-state index in [9.17, 15) is 0 Å². The molecule has 1 heterocycles. The number of aromatic nitrogens is 1. The number of hydrogen-bond acceptors (Lipinski definition) is 3. The van der Waals surface area contributed by atoms with Gasteiger partial charge in [0.1, 0.15) is 6.61 Å². The van der Waals surface area contributed by atoms with Crippen LogP contribution in [0.4, 0.5) is 0 Å². The molecule has 10 heavy (non-hydrogen) atoms. The highest BCUT2D eigenvalue weighted by Gasteiger charge is 1.88. The predicted molar refractivity (Wildman–Crippen MR) is 38.8 cm³/mol. The fourth-order valence-corrected chi connectivity index (χ4v) is 0.596. The average molecular weight is 138 g/mol. The van der Waals surface area contributed by atoms with E-state index in [2.05, 4.69) is 4.98 Å². The van der Waals surface area contributed by atoms with Crippen LogP contribution in [0.15, 0.2) is 24.4 Å². The lowest BCUT2D eigenvalue weighted by molar-refractivity contribution is 0.315. The number of hydrogen-bond donors (Lipinski definition) is 1. The molecule has 1 aromatic heterocycles. The molecule has 3 heteroatoms. The standard InChI is InChI=1S/C7H10N2O/c8-4-6-10-7-3-1-2-5-9-7/h1-3,5H,4,6,8H2. The molecular weight excluding hydrogens is 128 g/mol. The number of pyridine rings is 1. The van der Waals surface area contributed by atoms with E-state index in [0.717, 1.165) is 0 Å². The second-order valence-electron chi connectivity index (χ2n) is 1.81. The fraction of sp³-hybridized carbons (Fsp3) is 0.286. The van der Waals surface area contributed by atoms with Crippen molar-refractivity contribution < 1.29 is 4.74 Å². The molecule has 1 aromatic rings. The zero-order chi connectivity index (χ0) is 7.23.